The van der Waals surface area contributed by atoms with Gasteiger partial charge in [0.1, 0.15) is 39.8 Å². The lowest BCUT2D eigenvalue weighted by Crippen LogP contribution is -2.60. The fourth-order valence-electron chi connectivity index (χ4n) is 9.09. The van der Waals surface area contributed by atoms with Crippen LogP contribution in [0.1, 0.15) is 74.7 Å². The van der Waals surface area contributed by atoms with E-state index in [4.69, 9.17) is 23.7 Å². The molecule has 0 aliphatic carbocycles. The first-order chi connectivity index (χ1) is 27.1. The highest BCUT2D eigenvalue weighted by Crippen LogP contribution is 2.43. The molecular weight excluding hydrogens is 795 g/mol. The molecule has 3 saturated heterocycles. The van der Waals surface area contributed by atoms with Gasteiger partial charge in [-0.25, -0.2) is 17.9 Å². The third kappa shape index (κ3) is 8.82. The number of carbonyl (C=O) groups excluding carboxylic acids is 4. The number of likely N-dealkylation sites (N-methyl/N-ethyl adjacent to an activating group) is 1. The van der Waals surface area contributed by atoms with Crippen LogP contribution < -0.4 is 4.72 Å². The van der Waals surface area contributed by atoms with Crippen molar-refractivity contribution in [3.05, 3.63) is 18.2 Å². The van der Waals surface area contributed by atoms with Crippen molar-refractivity contribution in [2.75, 3.05) is 34.3 Å². The number of nitrogens with one attached hydrogen (secondary N) is 1. The Kier molecular flexibility index (Phi) is 14.1. The first kappa shape index (κ1) is 45.9. The van der Waals surface area contributed by atoms with Crippen molar-refractivity contribution in [2.24, 2.45) is 23.7 Å². The topological polar surface area (TPSA) is 213 Å². The third-order valence-electron chi connectivity index (χ3n) is 12.3. The maximum absolute atomic E-state index is 14.7. The van der Waals surface area contributed by atoms with Crippen LogP contribution in [0.5, 0.6) is 0 Å². The SMILES string of the molecule is CC[C@H]1OC(=O)[C@H](C)C(=O)[C@@H](C)[C@@H](O[C@@H]2O[C@H](C)C[C@H](N(C)C)[C@H]2O)[C@](C)(OC)C[C@@H](C)C(=O)[C@H](C)[C@@H]2N(CCNS(=O)(=O)c3cccc4nsnc34)C(=O)O[C@@]21C. The number of nitrogens with zero attached hydrogens (tertiary/aromatic N) is 4. The van der Waals surface area contributed by atoms with Crippen LogP contribution in [0.4, 0.5) is 4.79 Å². The number of hydrogen-bond acceptors (Lipinski definition) is 16. The third-order valence-corrected chi connectivity index (χ3v) is 14.4. The molecule has 1 amide bonds. The van der Waals surface area contributed by atoms with Crippen molar-refractivity contribution >= 4 is 56.4 Å². The Morgan fingerprint density at radius 1 is 1.05 bits per heavy atom. The van der Waals surface area contributed by atoms with Crippen molar-refractivity contribution in [3.63, 3.8) is 0 Å². The molecule has 58 heavy (non-hydrogen) atoms. The molecule has 0 radical (unpaired) electrons. The van der Waals surface area contributed by atoms with E-state index in [1.165, 1.54) is 25.0 Å². The summed E-state index contributed by atoms with van der Waals surface area (Å²) in [6.07, 6.45) is -4.87. The minimum Gasteiger partial charge on any atom is -0.458 e. The van der Waals surface area contributed by atoms with E-state index in [-0.39, 0.29) is 54.3 Å². The molecule has 13 atom stereocenters. The van der Waals surface area contributed by atoms with Crippen LogP contribution in [0.2, 0.25) is 0 Å². The number of cyclic esters (lactones) is 1. The monoisotopic (exact) mass is 853 g/mol. The summed E-state index contributed by atoms with van der Waals surface area (Å²) in [4.78, 5) is 59.8. The number of carbonyl (C=O) groups is 4. The van der Waals surface area contributed by atoms with Gasteiger partial charge in [-0.15, -0.1) is 0 Å². The Morgan fingerprint density at radius 3 is 2.38 bits per heavy atom. The number of benzene rings is 1. The van der Waals surface area contributed by atoms with E-state index in [1.807, 2.05) is 25.9 Å². The Morgan fingerprint density at radius 2 is 1.74 bits per heavy atom. The summed E-state index contributed by atoms with van der Waals surface area (Å²) in [6, 6.07) is 3.27. The lowest BCUT2D eigenvalue weighted by molar-refractivity contribution is -0.295. The minimum absolute atomic E-state index is 0.0372. The number of methoxy groups -OCH3 is 1. The molecule has 17 nitrogen and oxygen atoms in total. The zero-order chi connectivity index (χ0) is 43.1. The van der Waals surface area contributed by atoms with Gasteiger partial charge >= 0.3 is 12.1 Å². The molecule has 3 fully saturated rings. The second-order valence-corrected chi connectivity index (χ2v) is 18.9. The molecule has 19 heteroatoms. The van der Waals surface area contributed by atoms with E-state index in [0.717, 1.165) is 11.7 Å². The van der Waals surface area contributed by atoms with Gasteiger partial charge in [-0.1, -0.05) is 33.8 Å². The standard InChI is InChI=1S/C39H59N5O12S2/c1-12-28-39(8)33(44(37(49)56-39)17-16-40-58(50,51)27-15-13-14-25-29(27)42-57-41-25)22(4)30(45)20(2)19-38(7,52-11)34(23(5)31(46)24(6)35(48)54-28)55-36-32(47)26(43(9)10)18-21(3)53-36/h13-15,20-24,26,28,32-34,36,40,47H,12,16-19H2,1-11H3/t20-,21-,22+,23-,24-,26+,28-,32-,33+,34-,36+,38-,39-/m1/s1. The average molecular weight is 854 g/mol. The number of amides is 1. The molecule has 3 aliphatic rings. The molecule has 2 aromatic rings. The number of sulfonamides is 1. The highest BCUT2D eigenvalue weighted by molar-refractivity contribution is 7.89. The highest BCUT2D eigenvalue weighted by Gasteiger charge is 2.60. The maximum Gasteiger partial charge on any atom is 0.410 e. The highest BCUT2D eigenvalue weighted by atomic mass is 32.2. The summed E-state index contributed by atoms with van der Waals surface area (Å²) in [5.74, 6) is -5.68. The van der Waals surface area contributed by atoms with E-state index < -0.39 is 93.4 Å². The van der Waals surface area contributed by atoms with Gasteiger partial charge in [0.2, 0.25) is 10.0 Å². The maximum atomic E-state index is 14.7. The lowest BCUT2D eigenvalue weighted by Gasteiger charge is -2.47. The average Bonchev–Trinajstić information content (AvgIpc) is 3.76. The van der Waals surface area contributed by atoms with Crippen molar-refractivity contribution < 1.29 is 56.4 Å². The number of Topliss-reactive ketones (excluding diaryl/α,β-unsaturated/α-hetero) is 2. The van der Waals surface area contributed by atoms with Gasteiger partial charge in [-0.2, -0.15) is 8.75 Å². The number of rotatable bonds is 10. The molecule has 2 N–H and O–H groups in total. The van der Waals surface area contributed by atoms with Crippen LogP contribution in [0, 0.1) is 23.7 Å². The molecule has 324 valence electrons. The molecule has 5 rings (SSSR count). The number of aliphatic hydroxyl groups excluding tert-OH is 1. The molecule has 1 aromatic heterocycles. The second-order valence-electron chi connectivity index (χ2n) is 16.7. The van der Waals surface area contributed by atoms with E-state index in [9.17, 15) is 32.7 Å². The molecular formula is C39H59N5O12S2. The first-order valence-corrected chi connectivity index (χ1v) is 22.0. The number of fused-ring (bicyclic) bond motifs is 2. The van der Waals surface area contributed by atoms with E-state index in [2.05, 4.69) is 13.5 Å². The van der Waals surface area contributed by atoms with Crippen LogP contribution in [0.15, 0.2) is 23.1 Å². The molecule has 0 saturated carbocycles. The minimum atomic E-state index is -4.11. The van der Waals surface area contributed by atoms with E-state index >= 15 is 0 Å². The normalized spacial score (nSPS) is 37.1. The number of aromatic nitrogens is 2. The van der Waals surface area contributed by atoms with Gasteiger partial charge in [-0.3, -0.25) is 19.3 Å². The van der Waals surface area contributed by atoms with Crippen molar-refractivity contribution in [3.8, 4) is 0 Å². The molecule has 4 heterocycles. The van der Waals surface area contributed by atoms with Crippen LogP contribution in [-0.4, -0.2) is 144 Å². The van der Waals surface area contributed by atoms with Crippen LogP contribution in [0.25, 0.3) is 11.0 Å². The first-order valence-electron chi connectivity index (χ1n) is 19.8. The van der Waals surface area contributed by atoms with Crippen molar-refractivity contribution in [1.82, 2.24) is 23.3 Å². The number of hydrogen-bond donors (Lipinski definition) is 2. The van der Waals surface area contributed by atoms with E-state index in [0.29, 0.717) is 11.9 Å². The zero-order valence-electron chi connectivity index (χ0n) is 35.2. The number of ketones is 2. The number of aliphatic hydroxyl groups is 1. The fourth-order valence-corrected chi connectivity index (χ4v) is 10.9. The summed E-state index contributed by atoms with van der Waals surface area (Å²) in [7, 11) is 1.02. The van der Waals surface area contributed by atoms with Crippen molar-refractivity contribution in [2.45, 2.75) is 134 Å². The Labute approximate surface area is 344 Å². The molecule has 0 unspecified atom stereocenters. The summed E-state index contributed by atoms with van der Waals surface area (Å²) in [6.45, 7) is 12.9. The molecule has 0 bridgehead atoms. The Bertz CT molecular complexity index is 1950. The summed E-state index contributed by atoms with van der Waals surface area (Å²) >= 11 is 0.885. The van der Waals surface area contributed by atoms with E-state index in [1.54, 1.807) is 53.7 Å². The van der Waals surface area contributed by atoms with Gasteiger partial charge < -0.3 is 33.7 Å². The Balaban J connectivity index is 1.50. The van der Waals surface area contributed by atoms with Crippen LogP contribution in [0.3, 0.4) is 0 Å². The van der Waals surface area contributed by atoms with Gasteiger partial charge in [0.05, 0.1) is 35.6 Å². The smallest absolute Gasteiger partial charge is 0.410 e. The van der Waals surface area contributed by atoms with Gasteiger partial charge in [0.25, 0.3) is 0 Å². The van der Waals surface area contributed by atoms with Gasteiger partial charge in [0, 0.05) is 44.0 Å². The Hall–Kier alpha value is -3.17. The number of ether oxygens (including phenoxy) is 5. The molecule has 0 spiro atoms. The van der Waals surface area contributed by atoms with Crippen LogP contribution in [-0.2, 0) is 48.1 Å². The quantitative estimate of drug-likeness (QED) is 0.260. The molecule has 3 aliphatic heterocycles. The zero-order valence-corrected chi connectivity index (χ0v) is 36.8. The predicted molar refractivity (Wildman–Crippen MR) is 212 cm³/mol. The fraction of sp³-hybridized carbons (Fsp3) is 0.744. The summed E-state index contributed by atoms with van der Waals surface area (Å²) in [5, 5.41) is 11.4. The lowest BCUT2D eigenvalue weighted by atomic mass is 9.73. The van der Waals surface area contributed by atoms with Crippen LogP contribution >= 0.6 is 11.7 Å². The summed E-state index contributed by atoms with van der Waals surface area (Å²) in [5.41, 5.74) is -2.29. The largest absolute Gasteiger partial charge is 0.458 e. The van der Waals surface area contributed by atoms with Gasteiger partial charge in [-0.05, 0) is 73.2 Å². The van der Waals surface area contributed by atoms with Gasteiger partial charge in [0.15, 0.2) is 17.7 Å². The number of esters is 1. The second kappa shape index (κ2) is 17.8. The van der Waals surface area contributed by atoms with Crippen molar-refractivity contribution in [1.29, 1.82) is 0 Å². The predicted octanol–water partition coefficient (Wildman–Crippen LogP) is 3.17. The summed E-state index contributed by atoms with van der Waals surface area (Å²) < 4.78 is 68.6. The molecule has 1 aromatic carbocycles.